The maximum absolute atomic E-state index is 11.2. The van der Waals surface area contributed by atoms with Crippen molar-refractivity contribution in [2.75, 3.05) is 6.54 Å². The Labute approximate surface area is 92.5 Å². The molecular weight excluding hydrogens is 210 g/mol. The van der Waals surface area contributed by atoms with Crippen LogP contribution in [0.1, 0.15) is 6.42 Å². The van der Waals surface area contributed by atoms with Crippen LogP contribution in [0.15, 0.2) is 42.5 Å². The number of nitro groups is 1. The molecule has 1 rings (SSSR count). The number of rotatable bonds is 5. The van der Waals surface area contributed by atoms with Crippen molar-refractivity contribution in [3.63, 3.8) is 0 Å². The van der Waals surface area contributed by atoms with Crippen LogP contribution in [-0.4, -0.2) is 17.4 Å². The highest BCUT2D eigenvalue weighted by Crippen LogP contribution is 2.09. The lowest BCUT2D eigenvalue weighted by molar-refractivity contribution is -0.468. The highest BCUT2D eigenvalue weighted by atomic mass is 16.6. The molecule has 0 unspecified atom stereocenters. The van der Waals surface area contributed by atoms with Crippen molar-refractivity contribution < 1.29 is 14.5 Å². The molecule has 0 atom stereocenters. The molecule has 0 aliphatic heterocycles. The smallest absolute Gasteiger partial charge is 0.315 e. The van der Waals surface area contributed by atoms with Crippen LogP contribution in [0.5, 0.6) is 5.75 Å². The summed E-state index contributed by atoms with van der Waals surface area (Å²) < 4.78 is 4.96. The summed E-state index contributed by atoms with van der Waals surface area (Å²) in [4.78, 5) is 20.7. The predicted molar refractivity (Wildman–Crippen MR) is 57.7 cm³/mol. The van der Waals surface area contributed by atoms with Gasteiger partial charge in [0.05, 0.1) is 6.42 Å². The molecule has 0 saturated carbocycles. The summed E-state index contributed by atoms with van der Waals surface area (Å²) in [7, 11) is 0. The molecule has 0 spiro atoms. The second-order valence-electron chi connectivity index (χ2n) is 2.98. The topological polar surface area (TPSA) is 69.4 Å². The van der Waals surface area contributed by atoms with Gasteiger partial charge in [0.1, 0.15) is 5.75 Å². The summed E-state index contributed by atoms with van der Waals surface area (Å²) in [5.74, 6) is 0.0287. The van der Waals surface area contributed by atoms with Crippen molar-refractivity contribution >= 4 is 5.97 Å². The van der Waals surface area contributed by atoms with E-state index in [9.17, 15) is 14.9 Å². The Hall–Kier alpha value is -2.17. The Balaban J connectivity index is 2.32. The Bertz CT molecular complexity index is 386. The number of benzene rings is 1. The average molecular weight is 221 g/mol. The summed E-state index contributed by atoms with van der Waals surface area (Å²) in [5, 5.41) is 9.97. The maximum atomic E-state index is 11.2. The normalized spacial score (nSPS) is 10.2. The number of nitrogens with zero attached hydrogens (tertiary/aromatic N) is 1. The molecule has 0 aliphatic rings. The lowest BCUT2D eigenvalue weighted by atomic mass is 10.3. The minimum Gasteiger partial charge on any atom is -0.426 e. The molecule has 5 heteroatoms. The van der Waals surface area contributed by atoms with Crippen molar-refractivity contribution in [3.8, 4) is 5.75 Å². The zero-order chi connectivity index (χ0) is 11.8. The summed E-state index contributed by atoms with van der Waals surface area (Å²) in [6.07, 6.45) is 2.78. The molecular formula is C11H11NO4. The zero-order valence-electron chi connectivity index (χ0n) is 8.54. The molecule has 0 radical (unpaired) electrons. The third-order valence-electron chi connectivity index (χ3n) is 1.68. The van der Waals surface area contributed by atoms with Gasteiger partial charge < -0.3 is 4.74 Å². The molecule has 0 aromatic heterocycles. The summed E-state index contributed by atoms with van der Waals surface area (Å²) in [6.45, 7) is -0.279. The minimum absolute atomic E-state index is 0.0305. The molecule has 0 fully saturated rings. The average Bonchev–Trinajstić information content (AvgIpc) is 2.25. The quantitative estimate of drug-likeness (QED) is 0.250. The maximum Gasteiger partial charge on any atom is 0.315 e. The molecule has 16 heavy (non-hydrogen) atoms. The molecule has 0 bridgehead atoms. The van der Waals surface area contributed by atoms with E-state index < -0.39 is 10.9 Å². The number of hydrogen-bond acceptors (Lipinski definition) is 4. The summed E-state index contributed by atoms with van der Waals surface area (Å²) in [5.41, 5.74) is 0. The molecule has 0 heterocycles. The SMILES string of the molecule is O=C(C/C=C/C[N+](=O)[O-])Oc1ccccc1. The van der Waals surface area contributed by atoms with Crippen molar-refractivity contribution in [1.82, 2.24) is 0 Å². The van der Waals surface area contributed by atoms with E-state index >= 15 is 0 Å². The molecule has 0 amide bonds. The number of para-hydroxylation sites is 1. The minimum atomic E-state index is -0.473. The molecule has 1 aromatic carbocycles. The van der Waals surface area contributed by atoms with Crippen LogP contribution in [0.2, 0.25) is 0 Å². The molecule has 84 valence electrons. The standard InChI is InChI=1S/C11H11NO4/c13-11(8-4-5-9-12(14)15)16-10-6-2-1-3-7-10/h1-7H,8-9H2/b5-4+. The van der Waals surface area contributed by atoms with Gasteiger partial charge in [0.2, 0.25) is 6.54 Å². The van der Waals surface area contributed by atoms with Gasteiger partial charge in [0, 0.05) is 4.92 Å². The molecule has 5 nitrogen and oxygen atoms in total. The van der Waals surface area contributed by atoms with Crippen molar-refractivity contribution in [2.24, 2.45) is 0 Å². The lowest BCUT2D eigenvalue weighted by Crippen LogP contribution is -2.06. The van der Waals surface area contributed by atoms with Gasteiger partial charge >= 0.3 is 5.97 Å². The van der Waals surface area contributed by atoms with Gasteiger partial charge in [-0.15, -0.1) is 0 Å². The highest BCUT2D eigenvalue weighted by molar-refractivity contribution is 5.73. The highest BCUT2D eigenvalue weighted by Gasteiger charge is 2.01. The number of carbonyl (C=O) groups is 1. The van der Waals surface area contributed by atoms with Gasteiger partial charge in [0.25, 0.3) is 0 Å². The third-order valence-corrected chi connectivity index (χ3v) is 1.68. The van der Waals surface area contributed by atoms with Gasteiger partial charge in [-0.3, -0.25) is 14.9 Å². The van der Waals surface area contributed by atoms with E-state index in [1.165, 1.54) is 12.2 Å². The van der Waals surface area contributed by atoms with Crippen LogP contribution in [0.25, 0.3) is 0 Å². The summed E-state index contributed by atoms with van der Waals surface area (Å²) in [6, 6.07) is 8.65. The number of ether oxygens (including phenoxy) is 1. The predicted octanol–water partition coefficient (Wildman–Crippen LogP) is 1.81. The monoisotopic (exact) mass is 221 g/mol. The van der Waals surface area contributed by atoms with Crippen LogP contribution in [0, 0.1) is 10.1 Å². The van der Waals surface area contributed by atoms with Gasteiger partial charge in [-0.2, -0.15) is 0 Å². The largest absolute Gasteiger partial charge is 0.426 e. The number of carbonyl (C=O) groups excluding carboxylic acids is 1. The second-order valence-corrected chi connectivity index (χ2v) is 2.98. The van der Waals surface area contributed by atoms with Crippen LogP contribution in [0.4, 0.5) is 0 Å². The van der Waals surface area contributed by atoms with Crippen LogP contribution in [-0.2, 0) is 4.79 Å². The van der Waals surface area contributed by atoms with Gasteiger partial charge in [-0.1, -0.05) is 24.3 Å². The van der Waals surface area contributed by atoms with E-state index in [1.54, 1.807) is 24.3 Å². The molecule has 0 N–H and O–H groups in total. The number of hydrogen-bond donors (Lipinski definition) is 0. The Morgan fingerprint density at radius 1 is 1.31 bits per heavy atom. The Morgan fingerprint density at radius 3 is 2.62 bits per heavy atom. The summed E-state index contributed by atoms with van der Waals surface area (Å²) >= 11 is 0. The molecule has 1 aromatic rings. The first kappa shape index (κ1) is 11.9. The molecule has 0 saturated heterocycles. The first-order valence-corrected chi connectivity index (χ1v) is 4.71. The zero-order valence-corrected chi connectivity index (χ0v) is 8.54. The first-order valence-electron chi connectivity index (χ1n) is 4.71. The van der Waals surface area contributed by atoms with Gasteiger partial charge in [-0.25, -0.2) is 0 Å². The lowest BCUT2D eigenvalue weighted by Gasteiger charge is -2.00. The Morgan fingerprint density at radius 2 is 2.00 bits per heavy atom. The molecule has 0 aliphatic carbocycles. The van der Waals surface area contributed by atoms with Crippen molar-refractivity contribution in [3.05, 3.63) is 52.6 Å². The van der Waals surface area contributed by atoms with Crippen molar-refractivity contribution in [1.29, 1.82) is 0 Å². The fourth-order valence-corrected chi connectivity index (χ4v) is 1.00. The number of esters is 1. The fraction of sp³-hybridized carbons (Fsp3) is 0.182. The Kier molecular flexibility index (Phi) is 4.72. The van der Waals surface area contributed by atoms with E-state index in [2.05, 4.69) is 0 Å². The van der Waals surface area contributed by atoms with Crippen molar-refractivity contribution in [2.45, 2.75) is 6.42 Å². The van der Waals surface area contributed by atoms with Gasteiger partial charge in [-0.05, 0) is 18.2 Å². The van der Waals surface area contributed by atoms with Crippen LogP contribution < -0.4 is 4.74 Å². The van der Waals surface area contributed by atoms with E-state index in [1.807, 2.05) is 6.07 Å². The fourth-order valence-electron chi connectivity index (χ4n) is 1.00. The van der Waals surface area contributed by atoms with Crippen LogP contribution in [0.3, 0.4) is 0 Å². The van der Waals surface area contributed by atoms with E-state index in [0.29, 0.717) is 5.75 Å². The van der Waals surface area contributed by atoms with E-state index in [0.717, 1.165) is 0 Å². The van der Waals surface area contributed by atoms with Crippen LogP contribution >= 0.6 is 0 Å². The van der Waals surface area contributed by atoms with Gasteiger partial charge in [0.15, 0.2) is 0 Å². The first-order chi connectivity index (χ1) is 7.68. The second kappa shape index (κ2) is 6.34. The van der Waals surface area contributed by atoms with E-state index in [4.69, 9.17) is 4.74 Å². The van der Waals surface area contributed by atoms with E-state index in [-0.39, 0.29) is 13.0 Å². The third kappa shape index (κ3) is 4.90.